The Labute approximate surface area is 115 Å². The lowest BCUT2D eigenvalue weighted by atomic mass is 10.2. The van der Waals surface area contributed by atoms with Crippen molar-refractivity contribution in [2.24, 2.45) is 0 Å². The molecule has 0 bridgehead atoms. The van der Waals surface area contributed by atoms with Crippen molar-refractivity contribution in [1.29, 1.82) is 0 Å². The van der Waals surface area contributed by atoms with E-state index in [0.29, 0.717) is 5.56 Å². The highest BCUT2D eigenvalue weighted by Gasteiger charge is 2.09. The van der Waals surface area contributed by atoms with E-state index in [1.165, 1.54) is 13.0 Å². The number of carboxylic acids is 1. The molecular weight excluding hydrogens is 354 g/mol. The Morgan fingerprint density at radius 2 is 1.94 bits per heavy atom. The molecule has 0 saturated heterocycles. The fourth-order valence-corrected chi connectivity index (χ4v) is 1.75. The predicted octanol–water partition coefficient (Wildman–Crippen LogP) is 2.77. The van der Waals surface area contributed by atoms with Crippen molar-refractivity contribution in [3.8, 4) is 0 Å². The smallest absolute Gasteiger partial charge is 0.352 e. The Balaban J connectivity index is 3.08. The summed E-state index contributed by atoms with van der Waals surface area (Å²) in [5.41, 5.74) is 0.512. The number of aliphatic carboxylic acids is 1. The second-order valence-electron chi connectivity index (χ2n) is 3.22. The lowest BCUT2D eigenvalue weighted by Crippen LogP contribution is -2.24. The van der Waals surface area contributed by atoms with Gasteiger partial charge in [-0.1, -0.05) is 6.07 Å². The number of hydrogen-bond acceptors (Lipinski definition) is 2. The highest BCUT2D eigenvalue weighted by molar-refractivity contribution is 9.13. The zero-order valence-corrected chi connectivity index (χ0v) is 12.0. The van der Waals surface area contributed by atoms with Crippen LogP contribution >= 0.6 is 31.9 Å². The summed E-state index contributed by atoms with van der Waals surface area (Å²) in [5, 5.41) is 11.2. The van der Waals surface area contributed by atoms with Gasteiger partial charge in [0.1, 0.15) is 5.70 Å². The van der Waals surface area contributed by atoms with E-state index in [1.54, 1.807) is 18.2 Å². The molecule has 0 aliphatic heterocycles. The molecule has 1 aromatic carbocycles. The van der Waals surface area contributed by atoms with Crippen molar-refractivity contribution in [2.75, 3.05) is 0 Å². The first-order valence-electron chi connectivity index (χ1n) is 4.58. The standard InChI is InChI=1S/C11H9Br2NO3/c1-6(15)14-10(11(16)17)5-7-2-3-8(12)9(13)4-7/h2-5H,1H3,(H,14,15)(H,16,17)/b10-5-. The Bertz CT molecular complexity index is 497. The maximum atomic E-state index is 10.9. The lowest BCUT2D eigenvalue weighted by Gasteiger charge is -2.04. The first-order valence-corrected chi connectivity index (χ1v) is 6.16. The van der Waals surface area contributed by atoms with Crippen LogP contribution in [0.15, 0.2) is 32.8 Å². The van der Waals surface area contributed by atoms with Crippen LogP contribution in [0.4, 0.5) is 0 Å². The van der Waals surface area contributed by atoms with Gasteiger partial charge in [-0.15, -0.1) is 0 Å². The van der Waals surface area contributed by atoms with E-state index in [2.05, 4.69) is 37.2 Å². The molecule has 2 N–H and O–H groups in total. The van der Waals surface area contributed by atoms with Crippen LogP contribution in [0.3, 0.4) is 0 Å². The van der Waals surface area contributed by atoms with E-state index >= 15 is 0 Å². The lowest BCUT2D eigenvalue weighted by molar-refractivity contribution is -0.134. The molecule has 0 atom stereocenters. The summed E-state index contributed by atoms with van der Waals surface area (Å²) in [6.45, 7) is 1.26. The van der Waals surface area contributed by atoms with Crippen LogP contribution in [0.1, 0.15) is 12.5 Å². The minimum Gasteiger partial charge on any atom is -0.477 e. The average Bonchev–Trinajstić information content (AvgIpc) is 2.21. The Kier molecular flexibility index (Phi) is 4.89. The predicted molar refractivity (Wildman–Crippen MR) is 71.3 cm³/mol. The van der Waals surface area contributed by atoms with Gasteiger partial charge in [0, 0.05) is 15.9 Å². The molecule has 90 valence electrons. The number of carbonyl (C=O) groups excluding carboxylic acids is 1. The summed E-state index contributed by atoms with van der Waals surface area (Å²) in [5.74, 6) is -1.60. The molecule has 0 aromatic heterocycles. The second-order valence-corrected chi connectivity index (χ2v) is 4.93. The summed E-state index contributed by atoms with van der Waals surface area (Å²) in [4.78, 5) is 21.7. The van der Waals surface area contributed by atoms with Crippen LogP contribution < -0.4 is 5.32 Å². The number of halogens is 2. The van der Waals surface area contributed by atoms with E-state index in [4.69, 9.17) is 5.11 Å². The molecule has 0 unspecified atom stereocenters. The van der Waals surface area contributed by atoms with E-state index in [1.807, 2.05) is 0 Å². The fourth-order valence-electron chi connectivity index (χ4n) is 1.11. The van der Waals surface area contributed by atoms with Gasteiger partial charge < -0.3 is 10.4 Å². The number of carboxylic acid groups (broad SMARTS) is 1. The van der Waals surface area contributed by atoms with Gasteiger partial charge in [0.2, 0.25) is 5.91 Å². The van der Waals surface area contributed by atoms with Crippen molar-refractivity contribution < 1.29 is 14.7 Å². The van der Waals surface area contributed by atoms with Crippen molar-refractivity contribution in [3.63, 3.8) is 0 Å². The van der Waals surface area contributed by atoms with Crippen LogP contribution in [0.25, 0.3) is 6.08 Å². The Hall–Kier alpha value is -1.14. The molecule has 0 saturated carbocycles. The Morgan fingerprint density at radius 1 is 1.29 bits per heavy atom. The zero-order chi connectivity index (χ0) is 13.0. The van der Waals surface area contributed by atoms with Gasteiger partial charge in [-0.25, -0.2) is 4.79 Å². The van der Waals surface area contributed by atoms with Gasteiger partial charge in [0.05, 0.1) is 0 Å². The molecule has 1 aromatic rings. The van der Waals surface area contributed by atoms with Crippen LogP contribution in [-0.4, -0.2) is 17.0 Å². The summed E-state index contributed by atoms with van der Waals surface area (Å²) in [6.07, 6.45) is 1.39. The van der Waals surface area contributed by atoms with Gasteiger partial charge in [-0.05, 0) is 55.6 Å². The molecule has 6 heteroatoms. The number of benzene rings is 1. The highest BCUT2D eigenvalue weighted by atomic mass is 79.9. The number of rotatable bonds is 3. The minimum atomic E-state index is -1.18. The van der Waals surface area contributed by atoms with Crippen molar-refractivity contribution in [1.82, 2.24) is 5.32 Å². The second kappa shape index (κ2) is 5.97. The Morgan fingerprint density at radius 3 is 2.41 bits per heavy atom. The summed E-state index contributed by atoms with van der Waals surface area (Å²) in [6, 6.07) is 5.26. The molecular formula is C11H9Br2NO3. The average molecular weight is 363 g/mol. The number of hydrogen-bond donors (Lipinski definition) is 2. The van der Waals surface area contributed by atoms with Crippen molar-refractivity contribution >= 4 is 49.8 Å². The van der Waals surface area contributed by atoms with Crippen LogP contribution in [-0.2, 0) is 9.59 Å². The van der Waals surface area contributed by atoms with Gasteiger partial charge in [0.15, 0.2) is 0 Å². The van der Waals surface area contributed by atoms with Crippen LogP contribution in [0, 0.1) is 0 Å². The first-order chi connectivity index (χ1) is 7.90. The molecule has 4 nitrogen and oxygen atoms in total. The molecule has 0 fully saturated rings. The summed E-state index contributed by atoms with van der Waals surface area (Å²) >= 11 is 6.62. The quantitative estimate of drug-likeness (QED) is 0.812. The van der Waals surface area contributed by atoms with Gasteiger partial charge >= 0.3 is 5.97 Å². The van der Waals surface area contributed by atoms with Gasteiger partial charge in [0.25, 0.3) is 0 Å². The molecule has 0 heterocycles. The first kappa shape index (κ1) is 13.9. The molecule has 0 spiro atoms. The molecule has 17 heavy (non-hydrogen) atoms. The minimum absolute atomic E-state index is 0.160. The van der Waals surface area contributed by atoms with Gasteiger partial charge in [-0.2, -0.15) is 0 Å². The molecule has 0 radical (unpaired) electrons. The molecule has 1 amide bonds. The van der Waals surface area contributed by atoms with Crippen molar-refractivity contribution in [2.45, 2.75) is 6.92 Å². The van der Waals surface area contributed by atoms with E-state index in [9.17, 15) is 9.59 Å². The number of nitrogens with one attached hydrogen (secondary N) is 1. The van der Waals surface area contributed by atoms with Crippen molar-refractivity contribution in [3.05, 3.63) is 38.4 Å². The zero-order valence-electron chi connectivity index (χ0n) is 8.83. The van der Waals surface area contributed by atoms with E-state index in [-0.39, 0.29) is 5.70 Å². The van der Waals surface area contributed by atoms with Crippen LogP contribution in [0.2, 0.25) is 0 Å². The normalized spacial score (nSPS) is 11.1. The third-order valence-electron chi connectivity index (χ3n) is 1.80. The maximum absolute atomic E-state index is 10.9. The van der Waals surface area contributed by atoms with Gasteiger partial charge in [-0.3, -0.25) is 4.79 Å². The monoisotopic (exact) mass is 361 g/mol. The fraction of sp³-hybridized carbons (Fsp3) is 0.0909. The maximum Gasteiger partial charge on any atom is 0.352 e. The third kappa shape index (κ3) is 4.32. The highest BCUT2D eigenvalue weighted by Crippen LogP contribution is 2.24. The third-order valence-corrected chi connectivity index (χ3v) is 3.68. The SMILES string of the molecule is CC(=O)N/C(=C\c1ccc(Br)c(Br)c1)C(=O)O. The topological polar surface area (TPSA) is 66.4 Å². The van der Waals surface area contributed by atoms with E-state index < -0.39 is 11.9 Å². The summed E-state index contributed by atoms with van der Waals surface area (Å²) in [7, 11) is 0. The molecule has 1 rings (SSSR count). The molecule has 0 aliphatic rings. The van der Waals surface area contributed by atoms with E-state index in [0.717, 1.165) is 8.95 Å². The number of amides is 1. The number of carbonyl (C=O) groups is 2. The largest absolute Gasteiger partial charge is 0.477 e. The summed E-state index contributed by atoms with van der Waals surface area (Å²) < 4.78 is 1.67. The molecule has 0 aliphatic carbocycles. The van der Waals surface area contributed by atoms with Crippen LogP contribution in [0.5, 0.6) is 0 Å².